The van der Waals surface area contributed by atoms with Crippen LogP contribution in [-0.4, -0.2) is 0 Å². The molecule has 0 saturated heterocycles. The lowest BCUT2D eigenvalue weighted by atomic mass is 10.0. The van der Waals surface area contributed by atoms with Gasteiger partial charge in [0.2, 0.25) is 0 Å². The van der Waals surface area contributed by atoms with E-state index < -0.39 is 5.82 Å². The standard InChI is InChI=1S/C15H14ClF2N/c1-2-14(10-6-8-11(17)9-7-10)19-15-12(16)4-3-5-13(15)18/h3-9,14,19H,2H2,1H3. The monoisotopic (exact) mass is 281 g/mol. The van der Waals surface area contributed by atoms with Crippen molar-refractivity contribution >= 4 is 17.3 Å². The first kappa shape index (κ1) is 13.8. The molecule has 2 rings (SSSR count). The van der Waals surface area contributed by atoms with Crippen molar-refractivity contribution in [3.05, 3.63) is 64.7 Å². The first-order valence-corrected chi connectivity index (χ1v) is 6.45. The molecular formula is C15H14ClF2N. The fourth-order valence-corrected chi connectivity index (χ4v) is 2.14. The highest BCUT2D eigenvalue weighted by Crippen LogP contribution is 2.30. The van der Waals surface area contributed by atoms with Crippen LogP contribution in [0.2, 0.25) is 5.02 Å². The van der Waals surface area contributed by atoms with Crippen molar-refractivity contribution in [3.8, 4) is 0 Å². The second-order valence-electron chi connectivity index (χ2n) is 4.25. The van der Waals surface area contributed by atoms with Crippen LogP contribution in [-0.2, 0) is 0 Å². The highest BCUT2D eigenvalue weighted by molar-refractivity contribution is 6.33. The molecule has 2 aromatic rings. The van der Waals surface area contributed by atoms with Crippen LogP contribution >= 0.6 is 11.6 Å². The average Bonchev–Trinajstić information content (AvgIpc) is 2.40. The van der Waals surface area contributed by atoms with Crippen molar-refractivity contribution in [2.75, 3.05) is 5.32 Å². The lowest BCUT2D eigenvalue weighted by molar-refractivity contribution is 0.619. The maximum atomic E-state index is 13.7. The van der Waals surface area contributed by atoms with E-state index in [1.54, 1.807) is 24.3 Å². The number of nitrogens with one attached hydrogen (secondary N) is 1. The third-order valence-electron chi connectivity index (χ3n) is 2.96. The molecule has 0 fully saturated rings. The van der Waals surface area contributed by atoms with Gasteiger partial charge in [0.15, 0.2) is 0 Å². The summed E-state index contributed by atoms with van der Waals surface area (Å²) in [6.45, 7) is 1.97. The largest absolute Gasteiger partial charge is 0.375 e. The molecular weight excluding hydrogens is 268 g/mol. The number of anilines is 1. The van der Waals surface area contributed by atoms with Crippen LogP contribution in [0.1, 0.15) is 24.9 Å². The van der Waals surface area contributed by atoms with Crippen LogP contribution in [0.5, 0.6) is 0 Å². The highest BCUT2D eigenvalue weighted by Gasteiger charge is 2.14. The van der Waals surface area contributed by atoms with E-state index in [0.717, 1.165) is 12.0 Å². The Morgan fingerprint density at radius 1 is 1.11 bits per heavy atom. The molecule has 0 radical (unpaired) electrons. The Kier molecular flexibility index (Phi) is 4.38. The molecule has 0 aliphatic rings. The summed E-state index contributed by atoms with van der Waals surface area (Å²) >= 11 is 5.98. The zero-order valence-electron chi connectivity index (χ0n) is 10.5. The Hall–Kier alpha value is -1.61. The summed E-state index contributed by atoms with van der Waals surface area (Å²) < 4.78 is 26.6. The summed E-state index contributed by atoms with van der Waals surface area (Å²) in [6, 6.07) is 10.6. The lowest BCUT2D eigenvalue weighted by Crippen LogP contribution is -2.11. The van der Waals surface area contributed by atoms with Crippen molar-refractivity contribution in [2.45, 2.75) is 19.4 Å². The van der Waals surface area contributed by atoms with Crippen LogP contribution in [0.15, 0.2) is 42.5 Å². The van der Waals surface area contributed by atoms with Crippen LogP contribution < -0.4 is 5.32 Å². The number of hydrogen-bond donors (Lipinski definition) is 1. The van der Waals surface area contributed by atoms with E-state index in [2.05, 4.69) is 5.32 Å². The van der Waals surface area contributed by atoms with E-state index in [0.29, 0.717) is 5.02 Å². The zero-order chi connectivity index (χ0) is 13.8. The molecule has 0 spiro atoms. The third-order valence-corrected chi connectivity index (χ3v) is 3.28. The number of hydrogen-bond acceptors (Lipinski definition) is 1. The second-order valence-corrected chi connectivity index (χ2v) is 4.66. The Morgan fingerprint density at radius 2 is 1.79 bits per heavy atom. The van der Waals surface area contributed by atoms with Crippen molar-refractivity contribution in [3.63, 3.8) is 0 Å². The minimum Gasteiger partial charge on any atom is -0.375 e. The molecule has 2 aromatic carbocycles. The molecule has 1 unspecified atom stereocenters. The van der Waals surface area contributed by atoms with Gasteiger partial charge < -0.3 is 5.32 Å². The van der Waals surface area contributed by atoms with Crippen LogP contribution in [0.3, 0.4) is 0 Å². The fourth-order valence-electron chi connectivity index (χ4n) is 1.93. The fraction of sp³-hybridized carbons (Fsp3) is 0.200. The molecule has 19 heavy (non-hydrogen) atoms. The first-order chi connectivity index (χ1) is 9.11. The normalized spacial score (nSPS) is 12.2. The number of benzene rings is 2. The van der Waals surface area contributed by atoms with Gasteiger partial charge in [-0.3, -0.25) is 0 Å². The highest BCUT2D eigenvalue weighted by atomic mass is 35.5. The molecule has 0 aromatic heterocycles. The second kappa shape index (κ2) is 6.02. The van der Waals surface area contributed by atoms with Crippen molar-refractivity contribution < 1.29 is 8.78 Å². The van der Waals surface area contributed by atoms with E-state index in [9.17, 15) is 8.78 Å². The molecule has 0 heterocycles. The van der Waals surface area contributed by atoms with Gasteiger partial charge in [-0.2, -0.15) is 0 Å². The quantitative estimate of drug-likeness (QED) is 0.814. The molecule has 0 amide bonds. The summed E-state index contributed by atoms with van der Waals surface area (Å²) in [7, 11) is 0. The predicted octanol–water partition coefficient (Wildman–Crippen LogP) is 5.18. The molecule has 0 saturated carbocycles. The van der Waals surface area contributed by atoms with E-state index in [1.807, 2.05) is 6.92 Å². The van der Waals surface area contributed by atoms with Gasteiger partial charge in [0.25, 0.3) is 0 Å². The summed E-state index contributed by atoms with van der Waals surface area (Å²) in [4.78, 5) is 0. The minimum absolute atomic E-state index is 0.116. The SMILES string of the molecule is CCC(Nc1c(F)cccc1Cl)c1ccc(F)cc1. The van der Waals surface area contributed by atoms with E-state index in [1.165, 1.54) is 18.2 Å². The van der Waals surface area contributed by atoms with Crippen molar-refractivity contribution in [2.24, 2.45) is 0 Å². The predicted molar refractivity (Wildman–Crippen MR) is 74.5 cm³/mol. The summed E-state index contributed by atoms with van der Waals surface area (Å²) in [5.74, 6) is -0.685. The molecule has 1 nitrogen and oxygen atoms in total. The topological polar surface area (TPSA) is 12.0 Å². The maximum Gasteiger partial charge on any atom is 0.147 e. The van der Waals surface area contributed by atoms with Gasteiger partial charge in [0, 0.05) is 0 Å². The van der Waals surface area contributed by atoms with Gasteiger partial charge in [-0.25, -0.2) is 8.78 Å². The Labute approximate surface area is 116 Å². The molecule has 0 bridgehead atoms. The maximum absolute atomic E-state index is 13.7. The van der Waals surface area contributed by atoms with Gasteiger partial charge in [-0.15, -0.1) is 0 Å². The molecule has 1 atom stereocenters. The third kappa shape index (κ3) is 3.24. The van der Waals surface area contributed by atoms with Crippen molar-refractivity contribution in [1.29, 1.82) is 0 Å². The first-order valence-electron chi connectivity index (χ1n) is 6.08. The number of rotatable bonds is 4. The van der Waals surface area contributed by atoms with Crippen LogP contribution in [0, 0.1) is 11.6 Å². The van der Waals surface area contributed by atoms with Crippen molar-refractivity contribution in [1.82, 2.24) is 0 Å². The number of halogens is 3. The summed E-state index contributed by atoms with van der Waals surface area (Å²) in [5.41, 5.74) is 1.17. The van der Waals surface area contributed by atoms with E-state index in [4.69, 9.17) is 11.6 Å². The molecule has 0 aliphatic carbocycles. The number of para-hydroxylation sites is 1. The van der Waals surface area contributed by atoms with Gasteiger partial charge in [-0.1, -0.05) is 36.7 Å². The van der Waals surface area contributed by atoms with Gasteiger partial charge in [-0.05, 0) is 36.2 Å². The van der Waals surface area contributed by atoms with Crippen LogP contribution in [0.25, 0.3) is 0 Å². The molecule has 0 aliphatic heterocycles. The minimum atomic E-state index is -0.395. The average molecular weight is 282 g/mol. The van der Waals surface area contributed by atoms with Gasteiger partial charge >= 0.3 is 0 Å². The van der Waals surface area contributed by atoms with Crippen LogP contribution in [0.4, 0.5) is 14.5 Å². The lowest BCUT2D eigenvalue weighted by Gasteiger charge is -2.20. The Bertz CT molecular complexity index is 534. The summed E-state index contributed by atoms with van der Waals surface area (Å²) in [5, 5.41) is 3.41. The summed E-state index contributed by atoms with van der Waals surface area (Å²) in [6.07, 6.45) is 0.732. The molecule has 100 valence electrons. The zero-order valence-corrected chi connectivity index (χ0v) is 11.2. The molecule has 1 N–H and O–H groups in total. The smallest absolute Gasteiger partial charge is 0.147 e. The molecule has 4 heteroatoms. The van der Waals surface area contributed by atoms with E-state index >= 15 is 0 Å². The van der Waals surface area contributed by atoms with Gasteiger partial charge in [0.1, 0.15) is 11.6 Å². The van der Waals surface area contributed by atoms with Gasteiger partial charge in [0.05, 0.1) is 16.8 Å². The Morgan fingerprint density at radius 3 is 2.37 bits per heavy atom. The van der Waals surface area contributed by atoms with E-state index in [-0.39, 0.29) is 17.5 Å². The Balaban J connectivity index is 2.26.